The van der Waals surface area contributed by atoms with Crippen LogP contribution < -0.4 is 30.3 Å². The van der Waals surface area contributed by atoms with Crippen LogP contribution in [0.25, 0.3) is 11.1 Å². The highest BCUT2D eigenvalue weighted by atomic mass is 16.6. The number of carbonyl (C=O) groups is 3. The summed E-state index contributed by atoms with van der Waals surface area (Å²) in [5.41, 5.74) is 2.29. The van der Waals surface area contributed by atoms with E-state index in [2.05, 4.69) is 10.6 Å². The monoisotopic (exact) mass is 624 g/mol. The number of piperazine rings is 1. The fourth-order valence-electron chi connectivity index (χ4n) is 5.83. The van der Waals surface area contributed by atoms with Crippen LogP contribution >= 0.6 is 0 Å². The summed E-state index contributed by atoms with van der Waals surface area (Å²) in [5, 5.41) is 6.10. The Bertz CT molecular complexity index is 1510. The molecule has 2 atom stereocenters. The molecule has 0 unspecified atom stereocenters. The smallest absolute Gasteiger partial charge is 0.410 e. The number of nitrogens with one attached hydrogen (secondary N) is 2. The maximum Gasteiger partial charge on any atom is 0.410 e. The molecule has 1 aliphatic heterocycles. The minimum Gasteiger partial charge on any atom is -0.493 e. The summed E-state index contributed by atoms with van der Waals surface area (Å²) in [6, 6.07) is 5.71. The Hall–Kier alpha value is -4.48. The first-order valence-electron chi connectivity index (χ1n) is 15.1. The second kappa shape index (κ2) is 13.7. The Balaban J connectivity index is 1.65. The number of methoxy groups -OCH3 is 3. The molecule has 0 saturated carbocycles. The molecule has 0 aromatic heterocycles. The van der Waals surface area contributed by atoms with E-state index in [4.69, 9.17) is 18.9 Å². The molecule has 12 nitrogen and oxygen atoms in total. The van der Waals surface area contributed by atoms with Gasteiger partial charge in [-0.2, -0.15) is 0 Å². The van der Waals surface area contributed by atoms with Crippen LogP contribution in [-0.4, -0.2) is 86.9 Å². The molecule has 12 heteroatoms. The Morgan fingerprint density at radius 1 is 0.933 bits per heavy atom. The molecule has 1 aliphatic carbocycles. The van der Waals surface area contributed by atoms with Crippen LogP contribution in [0.1, 0.15) is 58.2 Å². The van der Waals surface area contributed by atoms with Crippen molar-refractivity contribution in [2.45, 2.75) is 65.1 Å². The van der Waals surface area contributed by atoms with Crippen molar-refractivity contribution in [1.82, 2.24) is 15.1 Å². The van der Waals surface area contributed by atoms with Gasteiger partial charge in [0.2, 0.25) is 23.0 Å². The van der Waals surface area contributed by atoms with Crippen molar-refractivity contribution in [3.63, 3.8) is 0 Å². The van der Waals surface area contributed by atoms with E-state index >= 15 is 0 Å². The lowest BCUT2D eigenvalue weighted by atomic mass is 9.95. The Morgan fingerprint density at radius 3 is 2.16 bits per heavy atom. The molecular formula is C33H44N4O8. The first-order chi connectivity index (χ1) is 21.3. The van der Waals surface area contributed by atoms with Gasteiger partial charge in [0.1, 0.15) is 11.6 Å². The van der Waals surface area contributed by atoms with Crippen molar-refractivity contribution in [2.24, 2.45) is 0 Å². The fraction of sp³-hybridized carbons (Fsp3) is 0.515. The standard InChI is InChI=1S/C33H44N4O8/c1-19(31(40)36-13-15-37(16-14-36)32(41)45-33(3,4)5)34-25-12-10-22-23(18-26(25)39)24(35-20(2)38)11-9-21-17-27(42-6)29(43-7)30(44-8)28(21)22/h10,12,17-19,24H,9,11,13-16H2,1-8H3,(H,34,39)(H,35,38)/t19-,24-/m0/s1. The van der Waals surface area contributed by atoms with Crippen molar-refractivity contribution < 1.29 is 33.3 Å². The molecule has 2 aromatic carbocycles. The molecule has 2 N–H and O–H groups in total. The number of carbonyl (C=O) groups excluding carboxylic acids is 3. The van der Waals surface area contributed by atoms with Gasteiger partial charge in [-0.1, -0.05) is 6.07 Å². The highest BCUT2D eigenvalue weighted by Crippen LogP contribution is 2.50. The van der Waals surface area contributed by atoms with Gasteiger partial charge in [0.15, 0.2) is 11.5 Å². The van der Waals surface area contributed by atoms with E-state index in [1.165, 1.54) is 20.1 Å². The summed E-state index contributed by atoms with van der Waals surface area (Å²) in [7, 11) is 4.63. The van der Waals surface area contributed by atoms with Gasteiger partial charge in [-0.15, -0.1) is 0 Å². The van der Waals surface area contributed by atoms with Gasteiger partial charge >= 0.3 is 6.09 Å². The molecule has 0 bridgehead atoms. The van der Waals surface area contributed by atoms with Gasteiger partial charge in [-0.05, 0) is 75.4 Å². The van der Waals surface area contributed by atoms with Crippen LogP contribution in [0, 0.1) is 0 Å². The minimum absolute atomic E-state index is 0.189. The van der Waals surface area contributed by atoms with Gasteiger partial charge in [0.25, 0.3) is 0 Å². The number of fused-ring (bicyclic) bond motifs is 3. The minimum atomic E-state index is -0.717. The number of nitrogens with zero attached hydrogens (tertiary/aromatic N) is 2. The second-order valence-electron chi connectivity index (χ2n) is 12.3. The molecule has 1 saturated heterocycles. The molecule has 2 aliphatic rings. The molecule has 0 radical (unpaired) electrons. The summed E-state index contributed by atoms with van der Waals surface area (Å²) in [5.74, 6) is 0.979. The zero-order valence-corrected chi connectivity index (χ0v) is 27.4. The molecule has 3 amide bonds. The van der Waals surface area contributed by atoms with Crippen molar-refractivity contribution in [1.29, 1.82) is 0 Å². The SMILES string of the molecule is COc1cc2c(c(OC)c1OC)-c1ccc(N[C@@H](C)C(=O)N3CCN(C(=O)OC(C)(C)C)CC3)c(=O)cc1[C@@H](NC(C)=O)CC2. The van der Waals surface area contributed by atoms with E-state index in [0.29, 0.717) is 67.4 Å². The number of rotatable bonds is 7. The zero-order chi connectivity index (χ0) is 33.1. The first-order valence-corrected chi connectivity index (χ1v) is 15.1. The van der Waals surface area contributed by atoms with Gasteiger partial charge in [0, 0.05) is 38.7 Å². The highest BCUT2D eigenvalue weighted by Gasteiger charge is 2.31. The summed E-state index contributed by atoms with van der Waals surface area (Å²) >= 11 is 0. The Morgan fingerprint density at radius 2 is 1.58 bits per heavy atom. The van der Waals surface area contributed by atoms with Crippen molar-refractivity contribution in [3.05, 3.63) is 45.6 Å². The molecule has 1 heterocycles. The molecular weight excluding hydrogens is 580 g/mol. The van der Waals surface area contributed by atoms with E-state index in [1.54, 1.807) is 37.0 Å². The average Bonchev–Trinajstić information content (AvgIpc) is 3.23. The molecule has 1 fully saturated rings. The maximum atomic E-state index is 13.7. The molecule has 45 heavy (non-hydrogen) atoms. The van der Waals surface area contributed by atoms with Gasteiger partial charge in [-0.3, -0.25) is 14.4 Å². The summed E-state index contributed by atoms with van der Waals surface area (Å²) in [6.45, 7) is 10.00. The predicted octanol–water partition coefficient (Wildman–Crippen LogP) is 3.74. The highest BCUT2D eigenvalue weighted by molar-refractivity contribution is 5.86. The number of ether oxygens (including phenoxy) is 4. The maximum absolute atomic E-state index is 13.7. The summed E-state index contributed by atoms with van der Waals surface area (Å²) in [4.78, 5) is 55.0. The van der Waals surface area contributed by atoms with Gasteiger partial charge < -0.3 is 39.4 Å². The lowest BCUT2D eigenvalue weighted by Gasteiger charge is -2.36. The second-order valence-corrected chi connectivity index (χ2v) is 12.3. The van der Waals surface area contributed by atoms with Crippen LogP contribution in [0.2, 0.25) is 0 Å². The van der Waals surface area contributed by atoms with Gasteiger partial charge in [0.05, 0.1) is 33.1 Å². The lowest BCUT2D eigenvalue weighted by molar-refractivity contribution is -0.133. The number of anilines is 1. The number of hydrogen-bond acceptors (Lipinski definition) is 9. The summed E-state index contributed by atoms with van der Waals surface area (Å²) in [6.07, 6.45) is 0.718. The number of benzene rings is 1. The number of amides is 3. The van der Waals surface area contributed by atoms with Crippen molar-refractivity contribution in [2.75, 3.05) is 52.8 Å². The summed E-state index contributed by atoms with van der Waals surface area (Å²) < 4.78 is 22.5. The molecule has 0 spiro atoms. The van der Waals surface area contributed by atoms with E-state index in [9.17, 15) is 19.2 Å². The quantitative estimate of drug-likeness (QED) is 0.472. The first kappa shape index (κ1) is 33.4. The number of aryl methyl sites for hydroxylation is 1. The van der Waals surface area contributed by atoms with Crippen LogP contribution in [0.4, 0.5) is 10.5 Å². The van der Waals surface area contributed by atoms with Gasteiger partial charge in [-0.25, -0.2) is 4.79 Å². The van der Waals surface area contributed by atoms with E-state index in [0.717, 1.165) is 11.1 Å². The van der Waals surface area contributed by atoms with Crippen LogP contribution in [-0.2, 0) is 20.7 Å². The van der Waals surface area contributed by atoms with Crippen LogP contribution in [0.15, 0.2) is 29.1 Å². The zero-order valence-electron chi connectivity index (χ0n) is 27.4. The third-order valence-electron chi connectivity index (χ3n) is 7.90. The largest absolute Gasteiger partial charge is 0.493 e. The predicted molar refractivity (Wildman–Crippen MR) is 170 cm³/mol. The number of hydrogen-bond donors (Lipinski definition) is 2. The van der Waals surface area contributed by atoms with Crippen LogP contribution in [0.3, 0.4) is 0 Å². The lowest BCUT2D eigenvalue weighted by Crippen LogP contribution is -2.54. The van der Waals surface area contributed by atoms with Crippen LogP contribution in [0.5, 0.6) is 17.2 Å². The van der Waals surface area contributed by atoms with E-state index < -0.39 is 23.8 Å². The molecule has 2 aromatic rings. The average molecular weight is 625 g/mol. The fourth-order valence-corrected chi connectivity index (χ4v) is 5.83. The topological polar surface area (TPSA) is 136 Å². The van der Waals surface area contributed by atoms with E-state index in [-0.39, 0.29) is 22.9 Å². The third-order valence-corrected chi connectivity index (χ3v) is 7.90. The Labute approximate surface area is 264 Å². The molecule has 4 rings (SSSR count). The van der Waals surface area contributed by atoms with Crippen molar-refractivity contribution in [3.8, 4) is 28.4 Å². The van der Waals surface area contributed by atoms with E-state index in [1.807, 2.05) is 32.9 Å². The normalized spacial score (nSPS) is 16.8. The third kappa shape index (κ3) is 7.43. The molecule has 244 valence electrons. The Kier molecular flexibility index (Phi) is 10.1. The van der Waals surface area contributed by atoms with Crippen molar-refractivity contribution >= 4 is 23.6 Å².